The zero-order chi connectivity index (χ0) is 7.11. The van der Waals surface area contributed by atoms with E-state index in [0.717, 1.165) is 0 Å². The molecule has 0 bridgehead atoms. The summed E-state index contributed by atoms with van der Waals surface area (Å²) in [6, 6.07) is 1.77. The van der Waals surface area contributed by atoms with Crippen molar-refractivity contribution in [3.63, 3.8) is 0 Å². The van der Waals surface area contributed by atoms with Crippen molar-refractivity contribution in [3.05, 3.63) is 0 Å². The lowest BCUT2D eigenvalue weighted by Crippen LogP contribution is -2.27. The van der Waals surface area contributed by atoms with Crippen LogP contribution >= 0.6 is 0 Å². The number of rotatable bonds is 3. The van der Waals surface area contributed by atoms with Crippen molar-refractivity contribution >= 4 is 5.91 Å². The third-order valence-corrected chi connectivity index (χ3v) is 0.640. The molecule has 0 aromatic rings. The predicted molar refractivity (Wildman–Crippen MR) is 30.5 cm³/mol. The fraction of sp³-hybridized carbons (Fsp3) is 0.600. The molecule has 1 N–H and O–H groups in total. The molecule has 0 aliphatic rings. The van der Waals surface area contributed by atoms with Crippen molar-refractivity contribution in [3.8, 4) is 6.07 Å². The third kappa shape index (κ3) is 4.78. The number of ether oxygens (including phenoxy) is 1. The topological polar surface area (TPSA) is 62.1 Å². The van der Waals surface area contributed by atoms with E-state index in [4.69, 9.17) is 5.26 Å². The van der Waals surface area contributed by atoms with E-state index in [0.29, 0.717) is 0 Å². The lowest BCUT2D eigenvalue weighted by molar-refractivity contribution is -0.124. The second-order valence-electron chi connectivity index (χ2n) is 1.37. The Balaban J connectivity index is 3.19. The molecule has 0 rings (SSSR count). The van der Waals surface area contributed by atoms with Crippen LogP contribution < -0.4 is 5.32 Å². The average molecular weight is 128 g/mol. The van der Waals surface area contributed by atoms with Crippen molar-refractivity contribution in [1.29, 1.82) is 5.26 Å². The van der Waals surface area contributed by atoms with Crippen LogP contribution in [0, 0.1) is 11.3 Å². The maximum atomic E-state index is 10.4. The predicted octanol–water partition coefficient (Wildman–Crippen LogP) is -0.727. The van der Waals surface area contributed by atoms with Crippen LogP contribution in [0.15, 0.2) is 0 Å². The smallest absolute Gasteiger partial charge is 0.246 e. The van der Waals surface area contributed by atoms with Crippen molar-refractivity contribution < 1.29 is 9.53 Å². The van der Waals surface area contributed by atoms with E-state index in [-0.39, 0.29) is 19.1 Å². The van der Waals surface area contributed by atoms with E-state index in [1.807, 2.05) is 0 Å². The van der Waals surface area contributed by atoms with Gasteiger partial charge < -0.3 is 10.1 Å². The fourth-order valence-electron chi connectivity index (χ4n) is 0.320. The summed E-state index contributed by atoms with van der Waals surface area (Å²) in [4.78, 5) is 10.4. The van der Waals surface area contributed by atoms with Gasteiger partial charge in [-0.25, -0.2) is 0 Å². The summed E-state index contributed by atoms with van der Waals surface area (Å²) in [5, 5.41) is 10.3. The summed E-state index contributed by atoms with van der Waals surface area (Å²) in [6.07, 6.45) is 0. The minimum atomic E-state index is -0.265. The van der Waals surface area contributed by atoms with Crippen molar-refractivity contribution in [2.45, 2.75) is 0 Å². The van der Waals surface area contributed by atoms with E-state index >= 15 is 0 Å². The van der Waals surface area contributed by atoms with Gasteiger partial charge in [0.25, 0.3) is 0 Å². The molecule has 0 saturated heterocycles. The number of nitriles is 1. The number of nitrogens with zero attached hydrogens (tertiary/aromatic N) is 1. The van der Waals surface area contributed by atoms with Crippen LogP contribution in [0.1, 0.15) is 0 Å². The molecule has 4 nitrogen and oxygen atoms in total. The molecule has 0 aliphatic heterocycles. The Morgan fingerprint density at radius 1 is 1.89 bits per heavy atom. The number of hydrogen-bond acceptors (Lipinski definition) is 3. The van der Waals surface area contributed by atoms with Crippen LogP contribution in [0.25, 0.3) is 0 Å². The highest BCUT2D eigenvalue weighted by Gasteiger charge is 1.95. The van der Waals surface area contributed by atoms with Gasteiger partial charge >= 0.3 is 0 Å². The molecule has 4 heteroatoms. The summed E-state index contributed by atoms with van der Waals surface area (Å²) < 4.78 is 4.48. The van der Waals surface area contributed by atoms with Crippen molar-refractivity contribution in [1.82, 2.24) is 5.32 Å². The maximum absolute atomic E-state index is 10.4. The first kappa shape index (κ1) is 7.92. The first-order chi connectivity index (χ1) is 4.31. The van der Waals surface area contributed by atoms with Gasteiger partial charge in [-0.15, -0.1) is 0 Å². The van der Waals surface area contributed by atoms with Crippen LogP contribution in [0.4, 0.5) is 0 Å². The number of carbonyl (C=O) groups excluding carboxylic acids is 1. The largest absolute Gasteiger partial charge is 0.375 e. The monoisotopic (exact) mass is 128 g/mol. The molecule has 0 atom stereocenters. The van der Waals surface area contributed by atoms with Gasteiger partial charge in [-0.2, -0.15) is 5.26 Å². The highest BCUT2D eigenvalue weighted by molar-refractivity contribution is 5.77. The van der Waals surface area contributed by atoms with Gasteiger partial charge in [0.2, 0.25) is 5.91 Å². The number of nitrogens with one attached hydrogen (secondary N) is 1. The summed E-state index contributed by atoms with van der Waals surface area (Å²) in [5.74, 6) is -0.265. The van der Waals surface area contributed by atoms with Gasteiger partial charge in [-0.3, -0.25) is 4.79 Å². The lowest BCUT2D eigenvalue weighted by Gasteiger charge is -1.96. The van der Waals surface area contributed by atoms with E-state index in [1.54, 1.807) is 6.07 Å². The zero-order valence-corrected chi connectivity index (χ0v) is 5.18. The van der Waals surface area contributed by atoms with Crippen LogP contribution in [0.3, 0.4) is 0 Å². The lowest BCUT2D eigenvalue weighted by atomic mass is 10.6. The zero-order valence-electron chi connectivity index (χ0n) is 5.18. The summed E-state index contributed by atoms with van der Waals surface area (Å²) in [5.41, 5.74) is 0. The Labute approximate surface area is 53.4 Å². The molecule has 50 valence electrons. The molecular formula is C5H8N2O2. The summed E-state index contributed by atoms with van der Waals surface area (Å²) >= 11 is 0. The highest BCUT2D eigenvalue weighted by Crippen LogP contribution is 1.66. The van der Waals surface area contributed by atoms with Crippen molar-refractivity contribution in [2.24, 2.45) is 0 Å². The van der Waals surface area contributed by atoms with Crippen molar-refractivity contribution in [2.75, 3.05) is 20.3 Å². The van der Waals surface area contributed by atoms with E-state index in [1.165, 1.54) is 7.11 Å². The molecule has 1 amide bonds. The normalized spacial score (nSPS) is 8.00. The van der Waals surface area contributed by atoms with Gasteiger partial charge in [0.05, 0.1) is 6.07 Å². The SMILES string of the molecule is COCC(=O)NCC#N. The Kier molecular flexibility index (Phi) is 4.46. The maximum Gasteiger partial charge on any atom is 0.246 e. The van der Waals surface area contributed by atoms with Gasteiger partial charge in [0, 0.05) is 7.11 Å². The minimum absolute atomic E-state index is 0.0156. The van der Waals surface area contributed by atoms with E-state index < -0.39 is 0 Å². The molecule has 0 spiro atoms. The first-order valence-electron chi connectivity index (χ1n) is 2.44. The average Bonchev–Trinajstić information content (AvgIpc) is 1.85. The molecule has 0 aliphatic carbocycles. The molecule has 9 heavy (non-hydrogen) atoms. The molecule has 0 heterocycles. The van der Waals surface area contributed by atoms with Gasteiger partial charge in [0.15, 0.2) is 0 Å². The fourth-order valence-corrected chi connectivity index (χ4v) is 0.320. The Morgan fingerprint density at radius 2 is 2.56 bits per heavy atom. The number of hydrogen-bond donors (Lipinski definition) is 1. The standard InChI is InChI=1S/C5H8N2O2/c1-9-4-5(8)7-3-2-6/h3-4H2,1H3,(H,7,8). The van der Waals surface area contributed by atoms with E-state index in [9.17, 15) is 4.79 Å². The number of amides is 1. The molecule has 0 radical (unpaired) electrons. The minimum Gasteiger partial charge on any atom is -0.375 e. The van der Waals surface area contributed by atoms with Gasteiger partial charge in [-0.05, 0) is 0 Å². The molecule has 0 unspecified atom stereocenters. The Morgan fingerprint density at radius 3 is 3.00 bits per heavy atom. The van der Waals surface area contributed by atoms with Gasteiger partial charge in [0.1, 0.15) is 13.2 Å². The second-order valence-corrected chi connectivity index (χ2v) is 1.37. The number of methoxy groups -OCH3 is 1. The molecule has 0 fully saturated rings. The molecular weight excluding hydrogens is 120 g/mol. The van der Waals surface area contributed by atoms with E-state index in [2.05, 4.69) is 10.1 Å². The summed E-state index contributed by atoms with van der Waals surface area (Å²) in [7, 11) is 1.42. The number of carbonyl (C=O) groups is 1. The second kappa shape index (κ2) is 5.06. The summed E-state index contributed by atoms with van der Waals surface area (Å²) in [6.45, 7) is 0.0594. The van der Waals surface area contributed by atoms with Crippen LogP contribution in [-0.2, 0) is 9.53 Å². The Hall–Kier alpha value is -1.08. The third-order valence-electron chi connectivity index (χ3n) is 0.640. The molecule has 0 aromatic heterocycles. The van der Waals surface area contributed by atoms with Crippen LogP contribution in [-0.4, -0.2) is 26.2 Å². The van der Waals surface area contributed by atoms with Crippen LogP contribution in [0.5, 0.6) is 0 Å². The van der Waals surface area contributed by atoms with Crippen LogP contribution in [0.2, 0.25) is 0 Å². The molecule has 0 aromatic carbocycles. The first-order valence-corrected chi connectivity index (χ1v) is 2.44. The van der Waals surface area contributed by atoms with Gasteiger partial charge in [-0.1, -0.05) is 0 Å². The highest BCUT2D eigenvalue weighted by atomic mass is 16.5. The Bertz CT molecular complexity index is 127. The molecule has 0 saturated carbocycles. The quantitative estimate of drug-likeness (QED) is 0.510.